The first-order valence-electron chi connectivity index (χ1n) is 9.34. The summed E-state index contributed by atoms with van der Waals surface area (Å²) in [5, 5.41) is 6.67. The van der Waals surface area contributed by atoms with Gasteiger partial charge in [0.05, 0.1) is 11.9 Å². The molecule has 0 radical (unpaired) electrons. The first kappa shape index (κ1) is 18.7. The van der Waals surface area contributed by atoms with Gasteiger partial charge < -0.3 is 19.5 Å². The topological polar surface area (TPSA) is 97.6 Å². The molecule has 4 rings (SSSR count). The molecule has 1 aliphatic heterocycles. The lowest BCUT2D eigenvalue weighted by molar-refractivity contribution is -0.119. The summed E-state index contributed by atoms with van der Waals surface area (Å²) in [6, 6.07) is 11.7. The fourth-order valence-corrected chi connectivity index (χ4v) is 3.31. The quantitative estimate of drug-likeness (QED) is 0.715. The molecule has 29 heavy (non-hydrogen) atoms. The van der Waals surface area contributed by atoms with Crippen LogP contribution in [-0.4, -0.2) is 39.4 Å². The van der Waals surface area contributed by atoms with Gasteiger partial charge in [0, 0.05) is 18.8 Å². The van der Waals surface area contributed by atoms with Gasteiger partial charge in [0.2, 0.25) is 5.91 Å². The van der Waals surface area contributed by atoms with E-state index in [9.17, 15) is 9.59 Å². The van der Waals surface area contributed by atoms with Crippen LogP contribution in [-0.2, 0) is 4.79 Å². The van der Waals surface area contributed by atoms with Gasteiger partial charge in [-0.05, 0) is 44.0 Å². The third kappa shape index (κ3) is 4.11. The van der Waals surface area contributed by atoms with Crippen LogP contribution in [0.4, 0.5) is 5.69 Å². The van der Waals surface area contributed by atoms with Crippen molar-refractivity contribution in [3.05, 3.63) is 66.3 Å². The Kier molecular flexibility index (Phi) is 5.24. The molecule has 0 bridgehead atoms. The second-order valence-corrected chi connectivity index (χ2v) is 6.76. The molecule has 0 spiro atoms. The van der Waals surface area contributed by atoms with E-state index in [4.69, 9.17) is 9.26 Å². The first-order chi connectivity index (χ1) is 14.1. The van der Waals surface area contributed by atoms with Gasteiger partial charge in [-0.2, -0.15) is 0 Å². The Bertz CT molecular complexity index is 1020. The average molecular weight is 392 g/mol. The summed E-state index contributed by atoms with van der Waals surface area (Å²) >= 11 is 0. The highest BCUT2D eigenvalue weighted by Crippen LogP contribution is 2.30. The van der Waals surface area contributed by atoms with Crippen molar-refractivity contribution >= 4 is 17.5 Å². The third-order valence-corrected chi connectivity index (χ3v) is 4.67. The number of hydrogen-bond donors (Lipinski definition) is 1. The number of benzene rings is 1. The van der Waals surface area contributed by atoms with E-state index in [2.05, 4.69) is 15.5 Å². The molecule has 1 N–H and O–H groups in total. The Labute approximate surface area is 167 Å². The Balaban J connectivity index is 1.50. The molecule has 1 fully saturated rings. The molecule has 8 heteroatoms. The van der Waals surface area contributed by atoms with Crippen LogP contribution in [0.3, 0.4) is 0 Å². The molecule has 0 aliphatic carbocycles. The van der Waals surface area contributed by atoms with Gasteiger partial charge >= 0.3 is 0 Å². The normalized spacial score (nSPS) is 15.9. The average Bonchev–Trinajstić information content (AvgIpc) is 3.39. The summed E-state index contributed by atoms with van der Waals surface area (Å²) in [7, 11) is 0. The number of amides is 2. The van der Waals surface area contributed by atoms with E-state index < -0.39 is 6.04 Å². The van der Waals surface area contributed by atoms with Gasteiger partial charge in [-0.15, -0.1) is 0 Å². The molecule has 0 unspecified atom stereocenters. The Morgan fingerprint density at radius 1 is 1.24 bits per heavy atom. The molecule has 2 aromatic heterocycles. The maximum Gasteiger partial charge on any atom is 0.276 e. The standard InChI is InChI=1S/C21H20N4O4/c1-14-12-17(24-29-14)21(27)25-11-5-8-18(25)20(26)23-16-7-2-3-9-19(16)28-15-6-4-10-22-13-15/h2-4,6-7,9-10,12-13,18H,5,8,11H2,1H3,(H,23,26)/t18-/m0/s1. The number of ether oxygens (including phenoxy) is 1. The molecular weight excluding hydrogens is 372 g/mol. The summed E-state index contributed by atoms with van der Waals surface area (Å²) in [5.74, 6) is 1.04. The van der Waals surface area contributed by atoms with Gasteiger partial charge in [-0.3, -0.25) is 14.6 Å². The van der Waals surface area contributed by atoms with Crippen LogP contribution in [0, 0.1) is 6.92 Å². The van der Waals surface area contributed by atoms with Gasteiger partial charge in [0.25, 0.3) is 5.91 Å². The molecule has 8 nitrogen and oxygen atoms in total. The van der Waals surface area contributed by atoms with Crippen molar-refractivity contribution in [1.82, 2.24) is 15.0 Å². The minimum Gasteiger partial charge on any atom is -0.454 e. The Hall–Kier alpha value is -3.68. The second kappa shape index (κ2) is 8.14. The minimum atomic E-state index is -0.578. The minimum absolute atomic E-state index is 0.211. The number of anilines is 1. The highest BCUT2D eigenvalue weighted by atomic mass is 16.5. The van der Waals surface area contributed by atoms with E-state index in [0.717, 1.165) is 6.42 Å². The molecule has 1 aromatic carbocycles. The Morgan fingerprint density at radius 3 is 2.86 bits per heavy atom. The number of nitrogens with zero attached hydrogens (tertiary/aromatic N) is 3. The highest BCUT2D eigenvalue weighted by molar-refractivity contribution is 6.01. The van der Waals surface area contributed by atoms with E-state index in [1.807, 2.05) is 6.07 Å². The van der Waals surface area contributed by atoms with E-state index in [1.54, 1.807) is 55.7 Å². The molecule has 1 aliphatic rings. The molecule has 3 aromatic rings. The van der Waals surface area contributed by atoms with Crippen molar-refractivity contribution in [3.63, 3.8) is 0 Å². The number of nitrogens with one attached hydrogen (secondary N) is 1. The van der Waals surface area contributed by atoms with E-state index in [1.165, 1.54) is 4.90 Å². The summed E-state index contributed by atoms with van der Waals surface area (Å²) in [4.78, 5) is 31.2. The summed E-state index contributed by atoms with van der Waals surface area (Å²) in [6.45, 7) is 2.22. The number of rotatable bonds is 5. The number of pyridine rings is 1. The smallest absolute Gasteiger partial charge is 0.276 e. The predicted molar refractivity (Wildman–Crippen MR) is 105 cm³/mol. The van der Waals surface area contributed by atoms with Gasteiger partial charge in [0.1, 0.15) is 17.6 Å². The van der Waals surface area contributed by atoms with Crippen molar-refractivity contribution in [1.29, 1.82) is 0 Å². The van der Waals surface area contributed by atoms with Gasteiger partial charge in [-0.1, -0.05) is 17.3 Å². The molecule has 3 heterocycles. The molecule has 0 saturated carbocycles. The second-order valence-electron chi connectivity index (χ2n) is 6.76. The van der Waals surface area contributed by atoms with Crippen LogP contribution in [0.15, 0.2) is 59.4 Å². The zero-order valence-electron chi connectivity index (χ0n) is 15.9. The lowest BCUT2D eigenvalue weighted by Crippen LogP contribution is -2.43. The van der Waals surface area contributed by atoms with Gasteiger partial charge in [-0.25, -0.2) is 0 Å². The van der Waals surface area contributed by atoms with Crippen LogP contribution in [0.25, 0.3) is 0 Å². The lowest BCUT2D eigenvalue weighted by atomic mass is 10.2. The molecule has 2 amide bonds. The van der Waals surface area contributed by atoms with Crippen LogP contribution in [0.1, 0.15) is 29.1 Å². The van der Waals surface area contributed by atoms with Crippen molar-refractivity contribution < 1.29 is 18.8 Å². The highest BCUT2D eigenvalue weighted by Gasteiger charge is 2.36. The third-order valence-electron chi connectivity index (χ3n) is 4.67. The number of aromatic nitrogens is 2. The van der Waals surface area contributed by atoms with Gasteiger partial charge in [0.15, 0.2) is 11.4 Å². The first-order valence-corrected chi connectivity index (χ1v) is 9.34. The van der Waals surface area contributed by atoms with Crippen LogP contribution >= 0.6 is 0 Å². The maximum absolute atomic E-state index is 13.0. The number of hydrogen-bond acceptors (Lipinski definition) is 6. The SMILES string of the molecule is Cc1cc(C(=O)N2CCC[C@H]2C(=O)Nc2ccccc2Oc2cccnc2)no1. The lowest BCUT2D eigenvalue weighted by Gasteiger charge is -2.23. The summed E-state index contributed by atoms with van der Waals surface area (Å²) < 4.78 is 10.8. The van der Waals surface area contributed by atoms with Crippen LogP contribution in [0.5, 0.6) is 11.5 Å². The maximum atomic E-state index is 13.0. The zero-order chi connectivity index (χ0) is 20.2. The number of aryl methyl sites for hydroxylation is 1. The van der Waals surface area contributed by atoms with Crippen molar-refractivity contribution in [3.8, 4) is 11.5 Å². The van der Waals surface area contributed by atoms with E-state index in [-0.39, 0.29) is 17.5 Å². The largest absolute Gasteiger partial charge is 0.454 e. The van der Waals surface area contributed by atoms with Crippen molar-refractivity contribution in [2.75, 3.05) is 11.9 Å². The fraction of sp³-hybridized carbons (Fsp3) is 0.238. The zero-order valence-corrected chi connectivity index (χ0v) is 15.9. The number of para-hydroxylation sites is 2. The Morgan fingerprint density at radius 2 is 2.10 bits per heavy atom. The summed E-state index contributed by atoms with van der Waals surface area (Å²) in [6.07, 6.45) is 4.58. The number of carbonyl (C=O) groups excluding carboxylic acids is 2. The van der Waals surface area contributed by atoms with E-state index in [0.29, 0.717) is 35.9 Å². The molecule has 148 valence electrons. The number of carbonyl (C=O) groups is 2. The monoisotopic (exact) mass is 392 g/mol. The van der Waals surface area contributed by atoms with Crippen LogP contribution < -0.4 is 10.1 Å². The van der Waals surface area contributed by atoms with E-state index >= 15 is 0 Å². The van der Waals surface area contributed by atoms with Crippen molar-refractivity contribution in [2.24, 2.45) is 0 Å². The predicted octanol–water partition coefficient (Wildman–Crippen LogP) is 3.41. The number of likely N-dealkylation sites (tertiary alicyclic amines) is 1. The van der Waals surface area contributed by atoms with Crippen molar-refractivity contribution in [2.45, 2.75) is 25.8 Å². The molecular formula is C21H20N4O4. The van der Waals surface area contributed by atoms with Crippen LogP contribution in [0.2, 0.25) is 0 Å². The summed E-state index contributed by atoms with van der Waals surface area (Å²) in [5.41, 5.74) is 0.737. The fourth-order valence-electron chi connectivity index (χ4n) is 3.31. The molecule has 1 atom stereocenters. The molecule has 1 saturated heterocycles.